The van der Waals surface area contributed by atoms with E-state index in [1.165, 1.54) is 0 Å². The molecule has 0 saturated carbocycles. The zero-order valence-electron chi connectivity index (χ0n) is 7.82. The van der Waals surface area contributed by atoms with Crippen LogP contribution in [0.1, 0.15) is 25.1 Å². The monoisotopic (exact) mass is 185 g/mol. The molecule has 5 nitrogen and oxygen atoms in total. The Bertz CT molecular complexity index is 237. The molecule has 0 amide bonds. The number of nitrogens with two attached hydrogens (primary N) is 1. The summed E-state index contributed by atoms with van der Waals surface area (Å²) in [5.74, 6) is 1.14. The van der Waals surface area contributed by atoms with E-state index in [-0.39, 0.29) is 0 Å². The summed E-state index contributed by atoms with van der Waals surface area (Å²) >= 11 is 0. The van der Waals surface area contributed by atoms with E-state index >= 15 is 0 Å². The normalized spacial score (nSPS) is 10.6. The second-order valence-corrected chi connectivity index (χ2v) is 2.67. The Morgan fingerprint density at radius 2 is 2.31 bits per heavy atom. The summed E-state index contributed by atoms with van der Waals surface area (Å²) in [5.41, 5.74) is 5.32. The van der Waals surface area contributed by atoms with Gasteiger partial charge in [0.05, 0.1) is 19.6 Å². The number of hydrogen-bond acceptors (Lipinski definition) is 5. The summed E-state index contributed by atoms with van der Waals surface area (Å²) in [6.07, 6.45) is 1.69. The van der Waals surface area contributed by atoms with E-state index in [4.69, 9.17) is 15.0 Å². The summed E-state index contributed by atoms with van der Waals surface area (Å²) < 4.78 is 10.2. The highest BCUT2D eigenvalue weighted by atomic mass is 16.5. The van der Waals surface area contributed by atoms with Crippen LogP contribution in [-0.4, -0.2) is 23.4 Å². The molecule has 0 radical (unpaired) electrons. The van der Waals surface area contributed by atoms with Crippen molar-refractivity contribution in [2.45, 2.75) is 26.3 Å². The summed E-state index contributed by atoms with van der Waals surface area (Å²) in [7, 11) is 0. The minimum absolute atomic E-state index is 0.319. The molecule has 0 aromatic carbocycles. The van der Waals surface area contributed by atoms with E-state index in [1.807, 2.05) is 0 Å². The van der Waals surface area contributed by atoms with Crippen LogP contribution in [0.25, 0.3) is 0 Å². The lowest BCUT2D eigenvalue weighted by Crippen LogP contribution is -2.01. The predicted molar refractivity (Wildman–Crippen MR) is 47.0 cm³/mol. The lowest BCUT2D eigenvalue weighted by Gasteiger charge is -1.97. The SMILES string of the molecule is CCCOCCc1nc(CN)no1. The van der Waals surface area contributed by atoms with Gasteiger partial charge in [-0.25, -0.2) is 0 Å². The molecule has 74 valence electrons. The molecule has 13 heavy (non-hydrogen) atoms. The van der Waals surface area contributed by atoms with Crippen LogP contribution < -0.4 is 5.73 Å². The van der Waals surface area contributed by atoms with Crippen LogP contribution in [0.4, 0.5) is 0 Å². The highest BCUT2D eigenvalue weighted by Crippen LogP contribution is 1.97. The molecule has 0 aliphatic rings. The van der Waals surface area contributed by atoms with Gasteiger partial charge in [-0.3, -0.25) is 0 Å². The van der Waals surface area contributed by atoms with Crippen LogP contribution >= 0.6 is 0 Å². The molecule has 5 heteroatoms. The first-order valence-corrected chi connectivity index (χ1v) is 4.46. The van der Waals surface area contributed by atoms with Crippen molar-refractivity contribution in [3.05, 3.63) is 11.7 Å². The van der Waals surface area contributed by atoms with Gasteiger partial charge in [0.2, 0.25) is 5.89 Å². The Hall–Kier alpha value is -0.940. The number of hydrogen-bond donors (Lipinski definition) is 1. The zero-order valence-corrected chi connectivity index (χ0v) is 7.82. The van der Waals surface area contributed by atoms with E-state index in [0.29, 0.717) is 31.3 Å². The molecule has 0 saturated heterocycles. The van der Waals surface area contributed by atoms with E-state index in [9.17, 15) is 0 Å². The van der Waals surface area contributed by atoms with Gasteiger partial charge in [-0.15, -0.1) is 0 Å². The van der Waals surface area contributed by atoms with Gasteiger partial charge in [0.25, 0.3) is 0 Å². The Kier molecular flexibility index (Phi) is 4.42. The molecular weight excluding hydrogens is 170 g/mol. The van der Waals surface area contributed by atoms with Crippen LogP contribution in [0, 0.1) is 0 Å². The largest absolute Gasteiger partial charge is 0.381 e. The van der Waals surface area contributed by atoms with Crippen molar-refractivity contribution in [2.24, 2.45) is 5.73 Å². The van der Waals surface area contributed by atoms with Crippen molar-refractivity contribution < 1.29 is 9.26 Å². The third-order valence-corrected chi connectivity index (χ3v) is 1.50. The second-order valence-electron chi connectivity index (χ2n) is 2.67. The summed E-state index contributed by atoms with van der Waals surface area (Å²) in [4.78, 5) is 4.04. The Morgan fingerprint density at radius 3 is 2.92 bits per heavy atom. The van der Waals surface area contributed by atoms with Crippen molar-refractivity contribution >= 4 is 0 Å². The molecule has 1 aromatic rings. The summed E-state index contributed by atoms with van der Waals surface area (Å²) in [6.45, 7) is 3.79. The Balaban J connectivity index is 2.20. The molecule has 1 heterocycles. The van der Waals surface area contributed by atoms with Crippen molar-refractivity contribution in [3.63, 3.8) is 0 Å². The average molecular weight is 185 g/mol. The molecule has 0 aliphatic heterocycles. The van der Waals surface area contributed by atoms with Gasteiger partial charge in [0.1, 0.15) is 0 Å². The van der Waals surface area contributed by atoms with Crippen LogP contribution in [0.2, 0.25) is 0 Å². The number of rotatable bonds is 6. The van der Waals surface area contributed by atoms with Gasteiger partial charge in [0.15, 0.2) is 5.82 Å². The summed E-state index contributed by atoms with van der Waals surface area (Å²) in [6, 6.07) is 0. The summed E-state index contributed by atoms with van der Waals surface area (Å²) in [5, 5.41) is 3.67. The maximum absolute atomic E-state index is 5.32. The average Bonchev–Trinajstić information content (AvgIpc) is 2.60. The maximum Gasteiger partial charge on any atom is 0.229 e. The first-order chi connectivity index (χ1) is 6.36. The van der Waals surface area contributed by atoms with Crippen LogP contribution in [-0.2, 0) is 17.7 Å². The standard InChI is InChI=1S/C8H15N3O2/c1-2-4-12-5-3-8-10-7(6-9)11-13-8/h2-6,9H2,1H3. The van der Waals surface area contributed by atoms with Gasteiger partial charge in [-0.2, -0.15) is 4.98 Å². The molecular formula is C8H15N3O2. The second kappa shape index (κ2) is 5.66. The molecule has 0 spiro atoms. The van der Waals surface area contributed by atoms with E-state index < -0.39 is 0 Å². The van der Waals surface area contributed by atoms with Crippen molar-refractivity contribution in [2.75, 3.05) is 13.2 Å². The molecule has 2 N–H and O–H groups in total. The smallest absolute Gasteiger partial charge is 0.229 e. The molecule has 0 atom stereocenters. The Labute approximate surface area is 77.3 Å². The predicted octanol–water partition coefficient (Wildman–Crippen LogP) is 0.497. The zero-order chi connectivity index (χ0) is 9.52. The van der Waals surface area contributed by atoms with Crippen molar-refractivity contribution in [1.82, 2.24) is 10.1 Å². The first-order valence-electron chi connectivity index (χ1n) is 4.46. The van der Waals surface area contributed by atoms with Gasteiger partial charge >= 0.3 is 0 Å². The van der Waals surface area contributed by atoms with Gasteiger partial charge in [-0.1, -0.05) is 12.1 Å². The lowest BCUT2D eigenvalue weighted by molar-refractivity contribution is 0.132. The molecule has 0 fully saturated rings. The molecule has 0 unspecified atom stereocenters. The number of ether oxygens (including phenoxy) is 1. The number of aromatic nitrogens is 2. The molecule has 0 aliphatic carbocycles. The molecule has 1 aromatic heterocycles. The fraction of sp³-hybridized carbons (Fsp3) is 0.750. The van der Waals surface area contributed by atoms with Crippen LogP contribution in [0.3, 0.4) is 0 Å². The third kappa shape index (κ3) is 3.52. The first kappa shape index (κ1) is 10.1. The van der Waals surface area contributed by atoms with Crippen molar-refractivity contribution in [1.29, 1.82) is 0 Å². The Morgan fingerprint density at radius 1 is 1.46 bits per heavy atom. The minimum atomic E-state index is 0.319. The van der Waals surface area contributed by atoms with Gasteiger partial charge in [0, 0.05) is 6.61 Å². The van der Waals surface area contributed by atoms with Crippen LogP contribution in [0.5, 0.6) is 0 Å². The number of nitrogens with zero attached hydrogens (tertiary/aromatic N) is 2. The third-order valence-electron chi connectivity index (χ3n) is 1.50. The highest BCUT2D eigenvalue weighted by molar-refractivity contribution is 4.84. The van der Waals surface area contributed by atoms with E-state index in [1.54, 1.807) is 0 Å². The highest BCUT2D eigenvalue weighted by Gasteiger charge is 2.03. The lowest BCUT2D eigenvalue weighted by atomic mass is 10.4. The topological polar surface area (TPSA) is 74.2 Å². The van der Waals surface area contributed by atoms with Gasteiger partial charge in [-0.05, 0) is 6.42 Å². The fourth-order valence-corrected chi connectivity index (χ4v) is 0.880. The molecule has 0 bridgehead atoms. The van der Waals surface area contributed by atoms with E-state index in [0.717, 1.165) is 13.0 Å². The van der Waals surface area contributed by atoms with Gasteiger partial charge < -0.3 is 15.0 Å². The minimum Gasteiger partial charge on any atom is -0.381 e. The quantitative estimate of drug-likeness (QED) is 0.653. The van der Waals surface area contributed by atoms with Crippen LogP contribution in [0.15, 0.2) is 4.52 Å². The maximum atomic E-state index is 5.32. The fourth-order valence-electron chi connectivity index (χ4n) is 0.880. The van der Waals surface area contributed by atoms with Crippen molar-refractivity contribution in [3.8, 4) is 0 Å². The molecule has 1 rings (SSSR count). The van der Waals surface area contributed by atoms with E-state index in [2.05, 4.69) is 17.1 Å².